The summed E-state index contributed by atoms with van der Waals surface area (Å²) in [6.45, 7) is 2.08. The first-order valence-electron chi connectivity index (χ1n) is 8.93. The number of pyridine rings is 1. The molecule has 0 saturated heterocycles. The number of aromatic amines is 1. The summed E-state index contributed by atoms with van der Waals surface area (Å²) in [6, 6.07) is 27.7. The van der Waals surface area contributed by atoms with Crippen molar-refractivity contribution in [3.63, 3.8) is 0 Å². The van der Waals surface area contributed by atoms with E-state index in [4.69, 9.17) is 0 Å². The number of aromatic nitrogens is 2. The molecule has 0 aliphatic carbocycles. The number of nitrogens with one attached hydrogen (secondary N) is 1. The lowest BCUT2D eigenvalue weighted by Gasteiger charge is -2.07. The number of fused-ring (bicyclic) bond motifs is 3. The number of halogens is 1. The summed E-state index contributed by atoms with van der Waals surface area (Å²) in [5.74, 6) is 0. The van der Waals surface area contributed by atoms with Crippen LogP contribution in [0.25, 0.3) is 44.2 Å². The summed E-state index contributed by atoms with van der Waals surface area (Å²) >= 11 is 3.49. The lowest BCUT2D eigenvalue weighted by molar-refractivity contribution is 1.24. The van der Waals surface area contributed by atoms with Crippen LogP contribution in [-0.4, -0.2) is 9.97 Å². The topological polar surface area (TPSA) is 28.7 Å². The molecule has 2 aromatic heterocycles. The van der Waals surface area contributed by atoms with E-state index in [0.717, 1.165) is 15.9 Å². The molecule has 0 aliphatic heterocycles. The number of hydrogen-bond acceptors (Lipinski definition) is 1. The molecule has 2 heterocycles. The molecule has 0 bridgehead atoms. The summed E-state index contributed by atoms with van der Waals surface area (Å²) in [4.78, 5) is 8.18. The van der Waals surface area contributed by atoms with Gasteiger partial charge in [-0.05, 0) is 52.2 Å². The normalized spacial score (nSPS) is 11.3. The first-order valence-corrected chi connectivity index (χ1v) is 9.73. The van der Waals surface area contributed by atoms with Crippen LogP contribution in [-0.2, 0) is 0 Å². The number of H-pyrrole nitrogens is 1. The van der Waals surface area contributed by atoms with Crippen molar-refractivity contribution in [1.29, 1.82) is 0 Å². The second-order valence-corrected chi connectivity index (χ2v) is 7.64. The third kappa shape index (κ3) is 2.84. The van der Waals surface area contributed by atoms with Crippen LogP contribution in [0.1, 0.15) is 5.56 Å². The van der Waals surface area contributed by atoms with E-state index >= 15 is 0 Å². The van der Waals surface area contributed by atoms with Gasteiger partial charge < -0.3 is 4.98 Å². The Morgan fingerprint density at radius 3 is 2.33 bits per heavy atom. The lowest BCUT2D eigenvalue weighted by atomic mass is 10.00. The van der Waals surface area contributed by atoms with Gasteiger partial charge in [-0.25, -0.2) is 4.98 Å². The summed E-state index contributed by atoms with van der Waals surface area (Å²) < 4.78 is 0.865. The lowest BCUT2D eigenvalue weighted by Crippen LogP contribution is -1.87. The minimum Gasteiger partial charge on any atom is -0.354 e. The van der Waals surface area contributed by atoms with Crippen LogP contribution in [0.15, 0.2) is 83.5 Å². The number of para-hydroxylation sites is 2. The average Bonchev–Trinajstić information content (AvgIpc) is 3.06. The zero-order valence-electron chi connectivity index (χ0n) is 14.8. The molecule has 3 heteroatoms. The van der Waals surface area contributed by atoms with Crippen LogP contribution in [0.4, 0.5) is 0 Å². The Balaban J connectivity index is 1.63. The van der Waals surface area contributed by atoms with Gasteiger partial charge in [0.05, 0.1) is 11.2 Å². The van der Waals surface area contributed by atoms with Crippen molar-refractivity contribution in [3.8, 4) is 22.4 Å². The van der Waals surface area contributed by atoms with Crippen LogP contribution in [0, 0.1) is 6.92 Å². The summed E-state index contributed by atoms with van der Waals surface area (Å²) in [5.41, 5.74) is 8.06. The second-order valence-electron chi connectivity index (χ2n) is 6.83. The number of nitrogens with zero attached hydrogens (tertiary/aromatic N) is 1. The third-order valence-corrected chi connectivity index (χ3v) is 5.38. The highest BCUT2D eigenvalue weighted by Gasteiger charge is 2.10. The van der Waals surface area contributed by atoms with E-state index in [1.54, 1.807) is 0 Å². The molecule has 0 saturated carbocycles. The summed E-state index contributed by atoms with van der Waals surface area (Å²) in [6.07, 6.45) is 0. The molecule has 5 aromatic rings. The van der Waals surface area contributed by atoms with E-state index in [1.807, 2.05) is 6.07 Å². The van der Waals surface area contributed by atoms with Crippen molar-refractivity contribution in [2.75, 3.05) is 0 Å². The van der Waals surface area contributed by atoms with Crippen molar-refractivity contribution in [1.82, 2.24) is 9.97 Å². The molecule has 27 heavy (non-hydrogen) atoms. The van der Waals surface area contributed by atoms with Crippen LogP contribution in [0.3, 0.4) is 0 Å². The predicted octanol–water partition coefficient (Wildman–Crippen LogP) is 7.12. The Kier molecular flexibility index (Phi) is 3.83. The zero-order chi connectivity index (χ0) is 18.4. The molecule has 0 spiro atoms. The molecular formula is C24H17BrN2. The fraction of sp³-hybridized carbons (Fsp3) is 0.0417. The first kappa shape index (κ1) is 16.3. The number of rotatable bonds is 2. The Morgan fingerprint density at radius 1 is 0.778 bits per heavy atom. The van der Waals surface area contributed by atoms with E-state index in [1.165, 1.54) is 38.5 Å². The van der Waals surface area contributed by atoms with E-state index in [9.17, 15) is 0 Å². The van der Waals surface area contributed by atoms with Crippen molar-refractivity contribution in [2.45, 2.75) is 6.92 Å². The van der Waals surface area contributed by atoms with Gasteiger partial charge in [0, 0.05) is 27.4 Å². The van der Waals surface area contributed by atoms with Crippen molar-refractivity contribution in [2.24, 2.45) is 0 Å². The highest BCUT2D eigenvalue weighted by atomic mass is 79.9. The maximum Gasteiger partial charge on any atom is 0.107 e. The Hall–Kier alpha value is -2.91. The Morgan fingerprint density at radius 2 is 1.52 bits per heavy atom. The van der Waals surface area contributed by atoms with Gasteiger partial charge in [0.15, 0.2) is 0 Å². The quantitative estimate of drug-likeness (QED) is 0.307. The monoisotopic (exact) mass is 412 g/mol. The van der Waals surface area contributed by atoms with Crippen molar-refractivity contribution in [3.05, 3.63) is 89.0 Å². The first-order chi connectivity index (χ1) is 13.2. The van der Waals surface area contributed by atoms with E-state index in [-0.39, 0.29) is 0 Å². The largest absolute Gasteiger partial charge is 0.354 e. The average molecular weight is 413 g/mol. The highest BCUT2D eigenvalue weighted by Crippen LogP contribution is 2.34. The zero-order valence-corrected chi connectivity index (χ0v) is 16.4. The number of benzene rings is 3. The molecule has 3 aromatic carbocycles. The van der Waals surface area contributed by atoms with Gasteiger partial charge in [-0.2, -0.15) is 0 Å². The smallest absolute Gasteiger partial charge is 0.107 e. The predicted molar refractivity (Wildman–Crippen MR) is 117 cm³/mol. The fourth-order valence-electron chi connectivity index (χ4n) is 3.71. The van der Waals surface area contributed by atoms with Gasteiger partial charge >= 0.3 is 0 Å². The van der Waals surface area contributed by atoms with Crippen LogP contribution in [0.5, 0.6) is 0 Å². The molecule has 0 unspecified atom stereocenters. The third-order valence-electron chi connectivity index (χ3n) is 4.97. The van der Waals surface area contributed by atoms with E-state index < -0.39 is 0 Å². The van der Waals surface area contributed by atoms with Crippen LogP contribution < -0.4 is 0 Å². The minimum atomic E-state index is 0.865. The molecule has 1 N–H and O–H groups in total. The van der Waals surface area contributed by atoms with Crippen LogP contribution in [0.2, 0.25) is 0 Å². The van der Waals surface area contributed by atoms with Gasteiger partial charge in [0.2, 0.25) is 0 Å². The highest BCUT2D eigenvalue weighted by molar-refractivity contribution is 9.10. The van der Waals surface area contributed by atoms with E-state index in [2.05, 4.69) is 106 Å². The molecule has 0 fully saturated rings. The minimum absolute atomic E-state index is 0.865. The molecule has 2 nitrogen and oxygen atoms in total. The van der Waals surface area contributed by atoms with Crippen molar-refractivity contribution < 1.29 is 0 Å². The molecule has 0 atom stereocenters. The van der Waals surface area contributed by atoms with Gasteiger partial charge in [0.1, 0.15) is 4.60 Å². The molecule has 0 radical (unpaired) electrons. The molecule has 0 aliphatic rings. The Labute approximate surface area is 166 Å². The maximum atomic E-state index is 4.60. The molecule has 0 amide bonds. The Bertz CT molecular complexity index is 1260. The van der Waals surface area contributed by atoms with Gasteiger partial charge in [-0.15, -0.1) is 0 Å². The number of hydrogen-bond donors (Lipinski definition) is 1. The van der Waals surface area contributed by atoms with E-state index in [0.29, 0.717) is 0 Å². The second kappa shape index (κ2) is 6.36. The van der Waals surface area contributed by atoms with Gasteiger partial charge in [0.25, 0.3) is 0 Å². The molecule has 5 rings (SSSR count). The summed E-state index contributed by atoms with van der Waals surface area (Å²) in [5, 5.41) is 2.52. The molecule has 130 valence electrons. The number of aryl methyl sites for hydroxylation is 1. The SMILES string of the molecule is Cc1cc(Br)nc(-c2ccc(-c3cccc4c3[nH]c3ccccc34)cc2)c1. The maximum absolute atomic E-state index is 4.60. The fourth-order valence-corrected chi connectivity index (χ4v) is 4.26. The standard InChI is InChI=1S/C24H17BrN2/c1-15-13-22(26-23(25)14-15)17-11-9-16(10-12-17)18-6-4-7-20-19-5-2-3-8-21(19)27-24(18)20/h2-14,27H,1H3. The van der Waals surface area contributed by atoms with Gasteiger partial charge in [-0.3, -0.25) is 0 Å². The molecular weight excluding hydrogens is 396 g/mol. The van der Waals surface area contributed by atoms with Crippen molar-refractivity contribution >= 4 is 37.7 Å². The van der Waals surface area contributed by atoms with Gasteiger partial charge in [-0.1, -0.05) is 60.7 Å². The van der Waals surface area contributed by atoms with Crippen LogP contribution >= 0.6 is 15.9 Å². The summed E-state index contributed by atoms with van der Waals surface area (Å²) in [7, 11) is 0.